The van der Waals surface area contributed by atoms with Gasteiger partial charge < -0.3 is 9.73 Å². The highest BCUT2D eigenvalue weighted by molar-refractivity contribution is 6.33. The van der Waals surface area contributed by atoms with Gasteiger partial charge in [-0.2, -0.15) is 5.10 Å². The maximum atomic E-state index is 12.2. The van der Waals surface area contributed by atoms with Gasteiger partial charge in [0.05, 0.1) is 23.0 Å². The number of H-pyrrole nitrogens is 1. The summed E-state index contributed by atoms with van der Waals surface area (Å²) < 4.78 is 5.26. The van der Waals surface area contributed by atoms with Gasteiger partial charge in [0.2, 0.25) is 0 Å². The average molecular weight is 316 g/mol. The number of rotatable bonds is 4. The van der Waals surface area contributed by atoms with E-state index in [1.54, 1.807) is 24.5 Å². The van der Waals surface area contributed by atoms with E-state index in [9.17, 15) is 4.79 Å². The Labute approximate surface area is 132 Å². The van der Waals surface area contributed by atoms with E-state index in [1.807, 2.05) is 31.2 Å². The van der Waals surface area contributed by atoms with Crippen molar-refractivity contribution in [3.8, 4) is 11.3 Å². The highest BCUT2D eigenvalue weighted by Gasteiger charge is 2.16. The fourth-order valence-corrected chi connectivity index (χ4v) is 2.36. The number of amides is 1. The lowest BCUT2D eigenvalue weighted by molar-refractivity contribution is 0.0930. The Morgan fingerprint density at radius 3 is 2.86 bits per heavy atom. The maximum absolute atomic E-state index is 12.2. The van der Waals surface area contributed by atoms with Crippen LogP contribution >= 0.6 is 11.6 Å². The predicted molar refractivity (Wildman–Crippen MR) is 83.6 cm³/mol. The third-order valence-corrected chi connectivity index (χ3v) is 3.62. The van der Waals surface area contributed by atoms with Crippen LogP contribution in [0.1, 0.15) is 29.2 Å². The molecule has 5 nitrogen and oxygen atoms in total. The molecule has 3 rings (SSSR count). The van der Waals surface area contributed by atoms with Crippen LogP contribution in [0.2, 0.25) is 5.02 Å². The molecule has 0 fully saturated rings. The van der Waals surface area contributed by atoms with Crippen LogP contribution in [-0.2, 0) is 0 Å². The SMILES string of the molecule is C[C@H](NC(=O)c1cc(-c2ccccc2Cl)n[nH]1)c1ccco1. The van der Waals surface area contributed by atoms with Crippen molar-refractivity contribution < 1.29 is 9.21 Å². The summed E-state index contributed by atoms with van der Waals surface area (Å²) in [6, 6.07) is 12.4. The smallest absolute Gasteiger partial charge is 0.269 e. The summed E-state index contributed by atoms with van der Waals surface area (Å²) in [6.45, 7) is 1.85. The van der Waals surface area contributed by atoms with E-state index >= 15 is 0 Å². The number of aromatic amines is 1. The summed E-state index contributed by atoms with van der Waals surface area (Å²) in [5.41, 5.74) is 1.77. The molecule has 2 heterocycles. The zero-order chi connectivity index (χ0) is 15.5. The molecule has 0 spiro atoms. The van der Waals surface area contributed by atoms with Crippen molar-refractivity contribution in [3.05, 3.63) is 65.2 Å². The molecule has 0 saturated heterocycles. The third kappa shape index (κ3) is 2.89. The molecule has 22 heavy (non-hydrogen) atoms. The van der Waals surface area contributed by atoms with E-state index in [1.165, 1.54) is 0 Å². The number of benzene rings is 1. The minimum atomic E-state index is -0.255. The second-order valence-electron chi connectivity index (χ2n) is 4.86. The summed E-state index contributed by atoms with van der Waals surface area (Å²) in [6.07, 6.45) is 1.57. The maximum Gasteiger partial charge on any atom is 0.269 e. The Balaban J connectivity index is 1.76. The molecule has 1 aromatic carbocycles. The van der Waals surface area contributed by atoms with Crippen molar-refractivity contribution in [2.75, 3.05) is 0 Å². The molecule has 2 aromatic heterocycles. The summed E-state index contributed by atoms with van der Waals surface area (Å²) in [4.78, 5) is 12.2. The van der Waals surface area contributed by atoms with Gasteiger partial charge in [0.1, 0.15) is 11.5 Å². The quantitative estimate of drug-likeness (QED) is 0.769. The fourth-order valence-electron chi connectivity index (χ4n) is 2.13. The van der Waals surface area contributed by atoms with Gasteiger partial charge in [0.15, 0.2) is 0 Å². The molecular formula is C16H14ClN3O2. The average Bonchev–Trinajstić information content (AvgIpc) is 3.19. The van der Waals surface area contributed by atoms with Crippen molar-refractivity contribution in [3.63, 3.8) is 0 Å². The molecule has 6 heteroatoms. The summed E-state index contributed by atoms with van der Waals surface area (Å²) in [5, 5.41) is 10.3. The first-order chi connectivity index (χ1) is 10.6. The Morgan fingerprint density at radius 2 is 2.14 bits per heavy atom. The van der Waals surface area contributed by atoms with E-state index in [0.29, 0.717) is 22.2 Å². The molecule has 3 aromatic rings. The molecule has 1 atom stereocenters. The number of carbonyl (C=O) groups is 1. The Kier molecular flexibility index (Phi) is 3.98. The van der Waals surface area contributed by atoms with Gasteiger partial charge in [-0.25, -0.2) is 0 Å². The van der Waals surface area contributed by atoms with Crippen LogP contribution < -0.4 is 5.32 Å². The topological polar surface area (TPSA) is 70.9 Å². The first kappa shape index (κ1) is 14.4. The molecule has 0 radical (unpaired) electrons. The van der Waals surface area contributed by atoms with Crippen molar-refractivity contribution in [2.45, 2.75) is 13.0 Å². The monoisotopic (exact) mass is 315 g/mol. The Morgan fingerprint density at radius 1 is 1.32 bits per heavy atom. The predicted octanol–water partition coefficient (Wildman–Crippen LogP) is 3.81. The van der Waals surface area contributed by atoms with Gasteiger partial charge in [0.25, 0.3) is 5.91 Å². The van der Waals surface area contributed by atoms with Crippen LogP contribution in [0, 0.1) is 0 Å². The minimum Gasteiger partial charge on any atom is -0.467 e. The van der Waals surface area contributed by atoms with Crippen LogP contribution in [0.3, 0.4) is 0 Å². The minimum absolute atomic E-state index is 0.227. The number of furan rings is 1. The first-order valence-corrected chi connectivity index (χ1v) is 7.17. The molecule has 0 aliphatic rings. The number of carbonyl (C=O) groups excluding carboxylic acids is 1. The van der Waals surface area contributed by atoms with Crippen molar-refractivity contribution >= 4 is 17.5 Å². The number of aromatic nitrogens is 2. The highest BCUT2D eigenvalue weighted by atomic mass is 35.5. The number of nitrogens with one attached hydrogen (secondary N) is 2. The zero-order valence-corrected chi connectivity index (χ0v) is 12.6. The largest absolute Gasteiger partial charge is 0.467 e. The van der Waals surface area contributed by atoms with Crippen molar-refractivity contribution in [2.24, 2.45) is 0 Å². The standard InChI is InChI=1S/C16H14ClN3O2/c1-10(15-7-4-8-22-15)18-16(21)14-9-13(19-20-14)11-5-2-3-6-12(11)17/h2-10H,1H3,(H,18,21)(H,19,20)/t10-/m0/s1. The summed E-state index contributed by atoms with van der Waals surface area (Å²) in [7, 11) is 0. The van der Waals surface area contributed by atoms with E-state index in [2.05, 4.69) is 15.5 Å². The zero-order valence-electron chi connectivity index (χ0n) is 11.8. The summed E-state index contributed by atoms with van der Waals surface area (Å²) in [5.74, 6) is 0.439. The van der Waals surface area contributed by atoms with Gasteiger partial charge in [-0.3, -0.25) is 9.89 Å². The van der Waals surface area contributed by atoms with Crippen LogP contribution in [0.4, 0.5) is 0 Å². The molecule has 0 saturated carbocycles. The van der Waals surface area contributed by atoms with Gasteiger partial charge >= 0.3 is 0 Å². The lowest BCUT2D eigenvalue weighted by Gasteiger charge is -2.09. The Hall–Kier alpha value is -2.53. The third-order valence-electron chi connectivity index (χ3n) is 3.29. The number of hydrogen-bond donors (Lipinski definition) is 2. The normalized spacial score (nSPS) is 12.1. The lowest BCUT2D eigenvalue weighted by Crippen LogP contribution is -2.26. The van der Waals surface area contributed by atoms with Gasteiger partial charge in [0, 0.05) is 5.56 Å². The van der Waals surface area contributed by atoms with Crippen LogP contribution in [0.5, 0.6) is 0 Å². The number of hydrogen-bond acceptors (Lipinski definition) is 3. The van der Waals surface area contributed by atoms with Crippen LogP contribution in [-0.4, -0.2) is 16.1 Å². The van der Waals surface area contributed by atoms with Gasteiger partial charge in [-0.05, 0) is 31.2 Å². The Bertz CT molecular complexity index is 780. The van der Waals surface area contributed by atoms with Crippen LogP contribution in [0.25, 0.3) is 11.3 Å². The molecule has 2 N–H and O–H groups in total. The van der Waals surface area contributed by atoms with E-state index in [4.69, 9.17) is 16.0 Å². The molecule has 1 amide bonds. The fraction of sp³-hybridized carbons (Fsp3) is 0.125. The first-order valence-electron chi connectivity index (χ1n) is 6.79. The van der Waals surface area contributed by atoms with Crippen molar-refractivity contribution in [1.29, 1.82) is 0 Å². The molecule has 0 aliphatic heterocycles. The van der Waals surface area contributed by atoms with E-state index < -0.39 is 0 Å². The molecular weight excluding hydrogens is 302 g/mol. The summed E-state index contributed by atoms with van der Waals surface area (Å²) >= 11 is 6.13. The second-order valence-corrected chi connectivity index (χ2v) is 5.26. The number of halogens is 1. The molecule has 112 valence electrons. The van der Waals surface area contributed by atoms with E-state index in [0.717, 1.165) is 5.56 Å². The number of nitrogens with zero attached hydrogens (tertiary/aromatic N) is 1. The lowest BCUT2D eigenvalue weighted by atomic mass is 10.1. The van der Waals surface area contributed by atoms with Gasteiger partial charge in [-0.1, -0.05) is 29.8 Å². The molecule has 0 unspecified atom stereocenters. The van der Waals surface area contributed by atoms with Crippen LogP contribution in [0.15, 0.2) is 53.1 Å². The van der Waals surface area contributed by atoms with Gasteiger partial charge in [-0.15, -0.1) is 0 Å². The molecule has 0 aliphatic carbocycles. The molecule has 0 bridgehead atoms. The van der Waals surface area contributed by atoms with Crippen molar-refractivity contribution in [1.82, 2.24) is 15.5 Å². The second kappa shape index (κ2) is 6.07. The highest BCUT2D eigenvalue weighted by Crippen LogP contribution is 2.26. The van der Waals surface area contributed by atoms with E-state index in [-0.39, 0.29) is 11.9 Å².